The predicted molar refractivity (Wildman–Crippen MR) is 108 cm³/mol. The van der Waals surface area contributed by atoms with Crippen molar-refractivity contribution < 1.29 is 4.42 Å². The summed E-state index contributed by atoms with van der Waals surface area (Å²) >= 11 is 0. The van der Waals surface area contributed by atoms with Crippen LogP contribution in [0.5, 0.6) is 0 Å². The smallest absolute Gasteiger partial charge is 0.295 e. The summed E-state index contributed by atoms with van der Waals surface area (Å²) in [6, 6.07) is 9.19. The number of anilines is 1. The van der Waals surface area contributed by atoms with E-state index in [0.29, 0.717) is 17.5 Å². The summed E-state index contributed by atoms with van der Waals surface area (Å²) in [7, 11) is 0. The molecule has 5 aliphatic rings. The van der Waals surface area contributed by atoms with Crippen molar-refractivity contribution in [3.8, 4) is 0 Å². The summed E-state index contributed by atoms with van der Waals surface area (Å²) in [6.45, 7) is 3.81. The highest BCUT2D eigenvalue weighted by Crippen LogP contribution is 2.60. The van der Waals surface area contributed by atoms with E-state index in [-0.39, 0.29) is 0 Å². The van der Waals surface area contributed by atoms with Crippen LogP contribution < -0.4 is 5.32 Å². The van der Waals surface area contributed by atoms with Crippen LogP contribution in [-0.4, -0.2) is 35.6 Å². The number of rotatable bonds is 4. The van der Waals surface area contributed by atoms with Crippen LogP contribution in [0.2, 0.25) is 0 Å². The van der Waals surface area contributed by atoms with E-state index in [2.05, 4.69) is 15.2 Å². The van der Waals surface area contributed by atoms with E-state index in [9.17, 15) is 0 Å². The number of fused-ring (bicyclic) bond motifs is 1. The van der Waals surface area contributed by atoms with E-state index in [1.54, 1.807) is 19.3 Å². The topological polar surface area (TPSA) is 41.3 Å². The lowest BCUT2D eigenvalue weighted by atomic mass is 9.49. The molecule has 144 valence electrons. The third-order valence-electron chi connectivity index (χ3n) is 7.93. The molecule has 5 fully saturated rings. The Morgan fingerprint density at radius 3 is 2.33 bits per heavy atom. The minimum atomic E-state index is 0.491. The van der Waals surface area contributed by atoms with E-state index in [1.165, 1.54) is 51.7 Å². The third-order valence-corrected chi connectivity index (χ3v) is 7.93. The molecule has 2 aromatic rings. The van der Waals surface area contributed by atoms with Crippen LogP contribution in [-0.2, 0) is 0 Å². The highest BCUT2D eigenvalue weighted by molar-refractivity contribution is 5.74. The van der Waals surface area contributed by atoms with Crippen molar-refractivity contribution in [2.45, 2.75) is 57.4 Å². The Labute approximate surface area is 161 Å². The molecule has 0 atom stereocenters. The average Bonchev–Trinajstić information content (AvgIpc) is 3.04. The zero-order valence-corrected chi connectivity index (χ0v) is 16.2. The summed E-state index contributed by atoms with van der Waals surface area (Å²) in [4.78, 5) is 7.36. The SMILES string of the molecule is c1ccc2oc(NC3CCN(CC45CC6CC(CC(C6)C4)C5)CC3)nc2c1. The van der Waals surface area contributed by atoms with Crippen molar-refractivity contribution in [3.05, 3.63) is 24.3 Å². The number of nitrogens with one attached hydrogen (secondary N) is 1. The lowest BCUT2D eigenvalue weighted by Crippen LogP contribution is -2.52. The van der Waals surface area contributed by atoms with Crippen LogP contribution in [0.3, 0.4) is 0 Å². The molecule has 1 aromatic heterocycles. The van der Waals surface area contributed by atoms with Gasteiger partial charge in [0.1, 0.15) is 5.52 Å². The first-order valence-electron chi connectivity index (χ1n) is 11.1. The number of hydrogen-bond donors (Lipinski definition) is 1. The molecule has 1 aromatic carbocycles. The largest absolute Gasteiger partial charge is 0.424 e. The fourth-order valence-electron chi connectivity index (χ4n) is 7.30. The highest BCUT2D eigenvalue weighted by Gasteiger charge is 2.51. The van der Waals surface area contributed by atoms with Gasteiger partial charge in [0.25, 0.3) is 6.01 Å². The monoisotopic (exact) mass is 365 g/mol. The molecule has 0 amide bonds. The molecule has 1 saturated heterocycles. The lowest BCUT2D eigenvalue weighted by Gasteiger charge is -2.58. The molecule has 1 aliphatic heterocycles. The molecule has 2 heterocycles. The quantitative estimate of drug-likeness (QED) is 0.835. The minimum absolute atomic E-state index is 0.491. The van der Waals surface area contributed by atoms with Gasteiger partial charge in [-0.3, -0.25) is 0 Å². The van der Waals surface area contributed by atoms with Crippen molar-refractivity contribution in [2.75, 3.05) is 25.0 Å². The number of piperidine rings is 1. The van der Waals surface area contributed by atoms with Crippen LogP contribution in [0, 0.1) is 23.2 Å². The van der Waals surface area contributed by atoms with Crippen LogP contribution >= 0.6 is 0 Å². The van der Waals surface area contributed by atoms with Crippen molar-refractivity contribution in [2.24, 2.45) is 23.2 Å². The Balaban J connectivity index is 1.06. The van der Waals surface area contributed by atoms with Crippen molar-refractivity contribution in [1.82, 2.24) is 9.88 Å². The summed E-state index contributed by atoms with van der Waals surface area (Å²) in [6.07, 6.45) is 11.6. The second kappa shape index (κ2) is 6.23. The molecule has 4 aliphatic carbocycles. The van der Waals surface area contributed by atoms with Gasteiger partial charge in [0.15, 0.2) is 5.58 Å². The molecule has 4 heteroatoms. The summed E-state index contributed by atoms with van der Waals surface area (Å²) in [5, 5.41) is 3.55. The summed E-state index contributed by atoms with van der Waals surface area (Å²) < 4.78 is 5.85. The number of likely N-dealkylation sites (tertiary alicyclic amines) is 1. The second-order valence-corrected chi connectivity index (χ2v) is 10.1. The van der Waals surface area contributed by atoms with E-state index in [4.69, 9.17) is 4.42 Å². The molecule has 7 rings (SSSR count). The summed E-state index contributed by atoms with van der Waals surface area (Å²) in [5.74, 6) is 3.19. The van der Waals surface area contributed by atoms with Crippen molar-refractivity contribution in [3.63, 3.8) is 0 Å². The molecule has 0 unspecified atom stereocenters. The zero-order chi connectivity index (χ0) is 17.8. The molecule has 4 bridgehead atoms. The fraction of sp³-hybridized carbons (Fsp3) is 0.696. The van der Waals surface area contributed by atoms with Gasteiger partial charge in [0.2, 0.25) is 0 Å². The third kappa shape index (κ3) is 3.06. The molecular formula is C23H31N3O. The molecule has 0 spiro atoms. The average molecular weight is 366 g/mol. The number of benzene rings is 1. The molecule has 27 heavy (non-hydrogen) atoms. The number of hydrogen-bond acceptors (Lipinski definition) is 4. The Morgan fingerprint density at radius 2 is 1.67 bits per heavy atom. The fourth-order valence-corrected chi connectivity index (χ4v) is 7.30. The number of nitrogens with zero attached hydrogens (tertiary/aromatic N) is 2. The van der Waals surface area contributed by atoms with Crippen molar-refractivity contribution in [1.29, 1.82) is 0 Å². The molecular weight excluding hydrogens is 334 g/mol. The van der Waals surface area contributed by atoms with E-state index >= 15 is 0 Å². The van der Waals surface area contributed by atoms with Crippen molar-refractivity contribution >= 4 is 17.1 Å². The van der Waals surface area contributed by atoms with E-state index in [0.717, 1.165) is 28.9 Å². The van der Waals surface area contributed by atoms with Crippen LogP contribution in [0.4, 0.5) is 6.01 Å². The minimum Gasteiger partial charge on any atom is -0.424 e. The van der Waals surface area contributed by atoms with Crippen LogP contribution in [0.15, 0.2) is 28.7 Å². The highest BCUT2D eigenvalue weighted by atomic mass is 16.4. The lowest BCUT2D eigenvalue weighted by molar-refractivity contribution is -0.0712. The van der Waals surface area contributed by atoms with Gasteiger partial charge in [0.05, 0.1) is 0 Å². The normalized spacial score (nSPS) is 36.5. The van der Waals surface area contributed by atoms with Gasteiger partial charge in [0, 0.05) is 25.7 Å². The number of para-hydroxylation sites is 2. The Hall–Kier alpha value is -1.55. The zero-order valence-electron chi connectivity index (χ0n) is 16.2. The number of oxazole rings is 1. The molecule has 4 nitrogen and oxygen atoms in total. The first-order valence-corrected chi connectivity index (χ1v) is 11.1. The molecule has 4 saturated carbocycles. The van der Waals surface area contributed by atoms with Crippen LogP contribution in [0.25, 0.3) is 11.1 Å². The van der Waals surface area contributed by atoms with Gasteiger partial charge in [-0.2, -0.15) is 4.98 Å². The predicted octanol–water partition coefficient (Wildman–Crippen LogP) is 4.92. The summed E-state index contributed by atoms with van der Waals surface area (Å²) in [5.41, 5.74) is 2.49. The van der Waals surface area contributed by atoms with Gasteiger partial charge < -0.3 is 14.6 Å². The Morgan fingerprint density at radius 1 is 1.00 bits per heavy atom. The van der Waals surface area contributed by atoms with Crippen LogP contribution in [0.1, 0.15) is 51.4 Å². The van der Waals surface area contributed by atoms with Gasteiger partial charge in [-0.05, 0) is 86.7 Å². The first kappa shape index (κ1) is 16.4. The maximum Gasteiger partial charge on any atom is 0.295 e. The van der Waals surface area contributed by atoms with E-state index < -0.39 is 0 Å². The maximum absolute atomic E-state index is 5.85. The molecule has 1 N–H and O–H groups in total. The van der Waals surface area contributed by atoms with E-state index in [1.807, 2.05) is 24.3 Å². The Bertz CT molecular complexity index is 752. The van der Waals surface area contributed by atoms with Gasteiger partial charge in [-0.15, -0.1) is 0 Å². The van der Waals surface area contributed by atoms with Gasteiger partial charge in [-0.25, -0.2) is 0 Å². The second-order valence-electron chi connectivity index (χ2n) is 10.1. The first-order chi connectivity index (χ1) is 13.2. The molecule has 0 radical (unpaired) electrons. The van der Waals surface area contributed by atoms with Gasteiger partial charge in [-0.1, -0.05) is 12.1 Å². The maximum atomic E-state index is 5.85. The Kier molecular flexibility index (Phi) is 3.79. The standard InChI is InChI=1S/C23H31N3O/c1-2-4-21-20(3-1)25-22(27-21)24-19-5-7-26(8-6-19)15-23-12-16-9-17(13-23)11-18(10-16)14-23/h1-4,16-19H,5-15H2,(H,24,25). The number of aromatic nitrogens is 1. The van der Waals surface area contributed by atoms with Gasteiger partial charge >= 0.3 is 0 Å².